The Morgan fingerprint density at radius 1 is 1.13 bits per heavy atom. The number of sulfonamides is 1. The fourth-order valence-electron chi connectivity index (χ4n) is 2.39. The molecule has 31 heavy (non-hydrogen) atoms. The van der Waals surface area contributed by atoms with E-state index in [-0.39, 0.29) is 10.6 Å². The average molecular weight is 458 g/mol. The van der Waals surface area contributed by atoms with Crippen molar-refractivity contribution in [3.8, 4) is 0 Å². The third-order valence-corrected chi connectivity index (χ3v) is 5.50. The first-order valence-corrected chi connectivity index (χ1v) is 10.2. The van der Waals surface area contributed by atoms with Crippen molar-refractivity contribution in [2.75, 3.05) is 13.7 Å². The van der Waals surface area contributed by atoms with Crippen LogP contribution in [0.1, 0.15) is 5.56 Å². The van der Waals surface area contributed by atoms with Gasteiger partial charge in [0.15, 0.2) is 0 Å². The van der Waals surface area contributed by atoms with Crippen molar-refractivity contribution >= 4 is 34.3 Å². The van der Waals surface area contributed by atoms with Crippen molar-refractivity contribution < 1.29 is 43.5 Å². The van der Waals surface area contributed by atoms with Crippen LogP contribution in [0.25, 0.3) is 6.08 Å². The second-order valence-corrected chi connectivity index (χ2v) is 8.18. The molecule has 1 fully saturated rings. The van der Waals surface area contributed by atoms with Gasteiger partial charge < -0.3 is 30.8 Å². The zero-order valence-electron chi connectivity index (χ0n) is 16.2. The number of rotatable bonds is 9. The SMILES string of the molecule is CN1C(=O)N/C(=C\c2ccc(S(=O)(=O)NN=CC(O)C(O)C(O)C(O)CO)cc2)C1=O. The quantitative estimate of drug-likeness (QED) is 0.0864. The molecule has 2 rings (SSSR count). The Labute approximate surface area is 177 Å². The van der Waals surface area contributed by atoms with Crippen LogP contribution in [0.2, 0.25) is 0 Å². The Kier molecular flexibility index (Phi) is 7.83. The highest BCUT2D eigenvalue weighted by molar-refractivity contribution is 7.89. The van der Waals surface area contributed by atoms with E-state index in [9.17, 15) is 38.4 Å². The van der Waals surface area contributed by atoms with E-state index >= 15 is 0 Å². The summed E-state index contributed by atoms with van der Waals surface area (Å²) in [6.45, 7) is -0.862. The number of aliphatic hydroxyl groups is 5. The Balaban J connectivity index is 2.04. The van der Waals surface area contributed by atoms with E-state index in [4.69, 9.17) is 5.11 Å². The summed E-state index contributed by atoms with van der Waals surface area (Å²) < 4.78 is 24.5. The lowest BCUT2D eigenvalue weighted by atomic mass is 10.0. The third kappa shape index (κ3) is 5.84. The number of hydrogen-bond donors (Lipinski definition) is 7. The monoisotopic (exact) mass is 458 g/mol. The molecule has 7 N–H and O–H groups in total. The summed E-state index contributed by atoms with van der Waals surface area (Å²) >= 11 is 0. The Morgan fingerprint density at radius 3 is 2.26 bits per heavy atom. The molecule has 0 aromatic heterocycles. The van der Waals surface area contributed by atoms with Crippen LogP contribution in [-0.4, -0.2) is 95.1 Å². The maximum Gasteiger partial charge on any atom is 0.328 e. The number of nitrogens with one attached hydrogen (secondary N) is 2. The molecule has 0 spiro atoms. The van der Waals surface area contributed by atoms with Crippen LogP contribution in [0.4, 0.5) is 4.79 Å². The number of benzene rings is 1. The number of imide groups is 1. The van der Waals surface area contributed by atoms with Crippen molar-refractivity contribution in [1.29, 1.82) is 0 Å². The molecular weight excluding hydrogens is 436 g/mol. The van der Waals surface area contributed by atoms with Crippen molar-refractivity contribution in [3.63, 3.8) is 0 Å². The Bertz CT molecular complexity index is 978. The molecule has 1 aromatic carbocycles. The first-order valence-electron chi connectivity index (χ1n) is 8.77. The molecule has 14 heteroatoms. The van der Waals surface area contributed by atoms with E-state index in [0.717, 1.165) is 4.90 Å². The summed E-state index contributed by atoms with van der Waals surface area (Å²) in [5.41, 5.74) is 0.475. The lowest BCUT2D eigenvalue weighted by Gasteiger charge is -2.23. The predicted molar refractivity (Wildman–Crippen MR) is 106 cm³/mol. The summed E-state index contributed by atoms with van der Waals surface area (Å²) in [7, 11) is -2.84. The number of likely N-dealkylation sites (N-methyl/N-ethyl adjacent to an activating group) is 1. The smallest absolute Gasteiger partial charge is 0.328 e. The highest BCUT2D eigenvalue weighted by Gasteiger charge is 2.30. The van der Waals surface area contributed by atoms with Crippen LogP contribution in [-0.2, 0) is 14.8 Å². The third-order valence-electron chi connectivity index (χ3n) is 4.26. The van der Waals surface area contributed by atoms with Gasteiger partial charge in [0.2, 0.25) is 0 Å². The molecule has 1 heterocycles. The fraction of sp³-hybridized carbons (Fsp3) is 0.353. The van der Waals surface area contributed by atoms with Gasteiger partial charge in [0, 0.05) is 7.05 Å². The zero-order chi connectivity index (χ0) is 23.3. The number of carbonyl (C=O) groups is 2. The van der Waals surface area contributed by atoms with E-state index in [1.807, 2.05) is 0 Å². The molecule has 1 saturated heterocycles. The van der Waals surface area contributed by atoms with Crippen LogP contribution in [0.3, 0.4) is 0 Å². The molecule has 170 valence electrons. The largest absolute Gasteiger partial charge is 0.394 e. The van der Waals surface area contributed by atoms with Crippen molar-refractivity contribution in [2.24, 2.45) is 5.10 Å². The first kappa shape index (κ1) is 24.4. The highest BCUT2D eigenvalue weighted by atomic mass is 32.2. The van der Waals surface area contributed by atoms with Gasteiger partial charge in [-0.3, -0.25) is 9.69 Å². The Morgan fingerprint density at radius 2 is 1.74 bits per heavy atom. The maximum absolute atomic E-state index is 12.2. The van der Waals surface area contributed by atoms with Crippen LogP contribution < -0.4 is 10.1 Å². The lowest BCUT2D eigenvalue weighted by molar-refractivity contribution is -0.121. The fourth-order valence-corrected chi connectivity index (χ4v) is 3.19. The summed E-state index contributed by atoms with van der Waals surface area (Å²) in [4.78, 5) is 25.7. The van der Waals surface area contributed by atoms with E-state index in [1.165, 1.54) is 37.4 Å². The maximum atomic E-state index is 12.2. The number of nitrogens with zero attached hydrogens (tertiary/aromatic N) is 2. The molecule has 0 aliphatic carbocycles. The second kappa shape index (κ2) is 9.95. The molecule has 1 aliphatic heterocycles. The van der Waals surface area contributed by atoms with Gasteiger partial charge in [-0.25, -0.2) is 9.63 Å². The molecule has 0 bridgehead atoms. The topological polar surface area (TPSA) is 209 Å². The van der Waals surface area contributed by atoms with Gasteiger partial charge in [-0.15, -0.1) is 0 Å². The average Bonchev–Trinajstić information content (AvgIpc) is 2.98. The molecule has 3 amide bonds. The summed E-state index contributed by atoms with van der Waals surface area (Å²) in [5.74, 6) is -0.532. The van der Waals surface area contributed by atoms with Crippen molar-refractivity contribution in [1.82, 2.24) is 15.0 Å². The van der Waals surface area contributed by atoms with E-state index in [0.29, 0.717) is 11.8 Å². The van der Waals surface area contributed by atoms with Crippen LogP contribution in [0.5, 0.6) is 0 Å². The van der Waals surface area contributed by atoms with Crippen LogP contribution >= 0.6 is 0 Å². The molecule has 0 radical (unpaired) electrons. The standard InChI is InChI=1S/C17H22N4O9S/c1-21-16(27)11(19-17(21)28)6-9-2-4-10(5-3-9)31(29,30)20-18-7-12(23)14(25)15(26)13(24)8-22/h2-7,12-15,20,22-26H,8H2,1H3,(H,19,28)/b11-6-,18-7?. The Hall–Kier alpha value is -2.88. The number of hydrazone groups is 1. The minimum absolute atomic E-state index is 0.0341. The van der Waals surface area contributed by atoms with Gasteiger partial charge in [0.05, 0.1) is 17.7 Å². The number of carbonyl (C=O) groups excluding carboxylic acids is 2. The van der Waals surface area contributed by atoms with Crippen LogP contribution in [0.15, 0.2) is 40.0 Å². The van der Waals surface area contributed by atoms with Gasteiger partial charge >= 0.3 is 6.03 Å². The lowest BCUT2D eigenvalue weighted by Crippen LogP contribution is -2.46. The van der Waals surface area contributed by atoms with E-state index in [2.05, 4.69) is 10.4 Å². The minimum atomic E-state index is -4.15. The van der Waals surface area contributed by atoms with Gasteiger partial charge in [0.25, 0.3) is 15.9 Å². The first-order chi connectivity index (χ1) is 14.5. The van der Waals surface area contributed by atoms with Crippen LogP contribution in [0, 0.1) is 0 Å². The van der Waals surface area contributed by atoms with E-state index < -0.39 is 53.0 Å². The highest BCUT2D eigenvalue weighted by Crippen LogP contribution is 2.15. The molecule has 4 atom stereocenters. The molecule has 13 nitrogen and oxygen atoms in total. The molecule has 1 aliphatic rings. The normalized spacial score (nSPS) is 20.1. The molecule has 1 aromatic rings. The van der Waals surface area contributed by atoms with E-state index in [1.54, 1.807) is 4.83 Å². The number of urea groups is 1. The number of aliphatic hydroxyl groups excluding tert-OH is 5. The predicted octanol–water partition coefficient (Wildman–Crippen LogP) is -3.09. The minimum Gasteiger partial charge on any atom is -0.394 e. The summed E-state index contributed by atoms with van der Waals surface area (Å²) in [5, 5.41) is 52.4. The van der Waals surface area contributed by atoms with Gasteiger partial charge in [-0.05, 0) is 23.8 Å². The van der Waals surface area contributed by atoms with Crippen molar-refractivity contribution in [3.05, 3.63) is 35.5 Å². The number of amides is 3. The number of hydrogen-bond acceptors (Lipinski definition) is 10. The molecule has 0 saturated carbocycles. The summed E-state index contributed by atoms with van der Waals surface area (Å²) in [6.07, 6.45) is -5.40. The second-order valence-electron chi connectivity index (χ2n) is 6.52. The van der Waals surface area contributed by atoms with Crippen molar-refractivity contribution in [2.45, 2.75) is 29.3 Å². The van der Waals surface area contributed by atoms with Gasteiger partial charge in [0.1, 0.15) is 30.1 Å². The molecule has 4 unspecified atom stereocenters. The van der Waals surface area contributed by atoms with Gasteiger partial charge in [-0.2, -0.15) is 13.5 Å². The zero-order valence-corrected chi connectivity index (χ0v) is 17.0. The van der Waals surface area contributed by atoms with Gasteiger partial charge in [-0.1, -0.05) is 12.1 Å². The summed E-state index contributed by atoms with van der Waals surface area (Å²) in [6, 6.07) is 4.61. The molecular formula is C17H22N4O9S.